The predicted molar refractivity (Wildman–Crippen MR) is 113 cm³/mol. The van der Waals surface area contributed by atoms with Crippen LogP contribution in [0.25, 0.3) is 0 Å². The first-order chi connectivity index (χ1) is 14.7. The fourth-order valence-electron chi connectivity index (χ4n) is 2.98. The summed E-state index contributed by atoms with van der Waals surface area (Å²) in [6.45, 7) is 3.05. The maximum absolute atomic E-state index is 13.0. The Morgan fingerprint density at radius 1 is 1.26 bits per heavy atom. The molecule has 12 heteroatoms. The van der Waals surface area contributed by atoms with Gasteiger partial charge in [-0.25, -0.2) is 8.42 Å². The van der Waals surface area contributed by atoms with Gasteiger partial charge in [-0.05, 0) is 31.2 Å². The van der Waals surface area contributed by atoms with E-state index in [1.165, 1.54) is 34.6 Å². The topological polar surface area (TPSA) is 128 Å². The van der Waals surface area contributed by atoms with Crippen molar-refractivity contribution in [2.45, 2.75) is 11.8 Å². The molecule has 2 aromatic rings. The Labute approximate surface area is 183 Å². The largest absolute Gasteiger partial charge is 0.492 e. The number of hydrogen-bond donors (Lipinski definition) is 1. The number of rotatable bonds is 7. The summed E-state index contributed by atoms with van der Waals surface area (Å²) in [6.07, 6.45) is 0. The molecule has 1 aliphatic rings. The van der Waals surface area contributed by atoms with E-state index >= 15 is 0 Å². The van der Waals surface area contributed by atoms with Gasteiger partial charge in [0.2, 0.25) is 10.0 Å². The minimum atomic E-state index is -3.81. The van der Waals surface area contributed by atoms with Gasteiger partial charge in [0.1, 0.15) is 5.75 Å². The fraction of sp³-hybridized carbons (Fsp3) is 0.316. The van der Waals surface area contributed by atoms with Crippen LogP contribution in [0, 0.1) is 10.1 Å². The number of ether oxygens (including phenoxy) is 2. The van der Waals surface area contributed by atoms with Crippen LogP contribution < -0.4 is 10.1 Å². The molecule has 166 valence electrons. The lowest BCUT2D eigenvalue weighted by molar-refractivity contribution is -0.384. The highest BCUT2D eigenvalue weighted by atomic mass is 35.5. The van der Waals surface area contributed by atoms with Crippen LogP contribution in [-0.2, 0) is 14.8 Å². The number of halogens is 1. The van der Waals surface area contributed by atoms with Gasteiger partial charge in [0.15, 0.2) is 0 Å². The number of amides is 1. The smallest absolute Gasteiger partial charge is 0.270 e. The van der Waals surface area contributed by atoms with Crippen LogP contribution in [0.4, 0.5) is 11.4 Å². The van der Waals surface area contributed by atoms with Crippen molar-refractivity contribution >= 4 is 38.9 Å². The van der Waals surface area contributed by atoms with E-state index in [4.69, 9.17) is 21.1 Å². The minimum absolute atomic E-state index is 0.0122. The molecule has 1 fully saturated rings. The van der Waals surface area contributed by atoms with Crippen LogP contribution in [-0.4, -0.2) is 56.5 Å². The van der Waals surface area contributed by atoms with Gasteiger partial charge in [0.05, 0.1) is 45.9 Å². The molecule has 0 radical (unpaired) electrons. The Balaban J connectivity index is 1.96. The first-order valence-corrected chi connectivity index (χ1v) is 11.2. The summed E-state index contributed by atoms with van der Waals surface area (Å²) in [7, 11) is -3.81. The molecular formula is C19H20ClN3O7S. The summed E-state index contributed by atoms with van der Waals surface area (Å²) >= 11 is 6.04. The molecule has 0 spiro atoms. The lowest BCUT2D eigenvalue weighted by atomic mass is 10.1. The molecule has 0 aliphatic carbocycles. The van der Waals surface area contributed by atoms with E-state index in [0.717, 1.165) is 6.07 Å². The molecule has 0 saturated carbocycles. The van der Waals surface area contributed by atoms with Gasteiger partial charge in [-0.3, -0.25) is 14.9 Å². The summed E-state index contributed by atoms with van der Waals surface area (Å²) in [4.78, 5) is 23.1. The molecule has 1 heterocycles. The molecule has 3 rings (SSSR count). The van der Waals surface area contributed by atoms with Crippen LogP contribution in [0.2, 0.25) is 5.02 Å². The summed E-state index contributed by atoms with van der Waals surface area (Å²) in [5.74, 6) is -0.492. The molecule has 0 bridgehead atoms. The molecule has 1 amide bonds. The van der Waals surface area contributed by atoms with Crippen molar-refractivity contribution < 1.29 is 27.6 Å². The summed E-state index contributed by atoms with van der Waals surface area (Å²) in [5, 5.41) is 13.6. The van der Waals surface area contributed by atoms with E-state index in [-0.39, 0.29) is 52.3 Å². The lowest BCUT2D eigenvalue weighted by Crippen LogP contribution is -2.40. The molecule has 31 heavy (non-hydrogen) atoms. The number of morpholine rings is 1. The third-order valence-electron chi connectivity index (χ3n) is 4.51. The first kappa shape index (κ1) is 22.9. The maximum Gasteiger partial charge on any atom is 0.270 e. The zero-order valence-corrected chi connectivity index (χ0v) is 18.1. The second-order valence-electron chi connectivity index (χ2n) is 6.48. The number of nitro benzene ring substituents is 1. The Hall–Kier alpha value is -2.73. The van der Waals surface area contributed by atoms with Crippen LogP contribution in [0.5, 0.6) is 5.75 Å². The highest BCUT2D eigenvalue weighted by Gasteiger charge is 2.27. The third kappa shape index (κ3) is 5.13. The van der Waals surface area contributed by atoms with Gasteiger partial charge in [0.25, 0.3) is 11.6 Å². The minimum Gasteiger partial charge on any atom is -0.492 e. The van der Waals surface area contributed by atoms with Gasteiger partial charge in [-0.1, -0.05) is 11.6 Å². The van der Waals surface area contributed by atoms with Crippen molar-refractivity contribution in [3.63, 3.8) is 0 Å². The van der Waals surface area contributed by atoms with Crippen molar-refractivity contribution in [1.29, 1.82) is 0 Å². The SMILES string of the molecule is CCOc1ccc(S(=O)(=O)N2CCOCC2)cc1NC(=O)c1cc([N+](=O)[O-])ccc1Cl. The maximum atomic E-state index is 13.0. The number of carbonyl (C=O) groups is 1. The van der Waals surface area contributed by atoms with Crippen LogP contribution >= 0.6 is 11.6 Å². The van der Waals surface area contributed by atoms with Gasteiger partial charge >= 0.3 is 0 Å². The summed E-state index contributed by atoms with van der Waals surface area (Å²) in [5.41, 5.74) is -0.327. The average molecular weight is 470 g/mol. The van der Waals surface area contributed by atoms with E-state index in [1.807, 2.05) is 0 Å². The van der Waals surface area contributed by atoms with Gasteiger partial charge in [0, 0.05) is 25.2 Å². The Morgan fingerprint density at radius 3 is 2.61 bits per heavy atom. The van der Waals surface area contributed by atoms with Crippen LogP contribution in [0.3, 0.4) is 0 Å². The molecule has 2 aromatic carbocycles. The molecule has 1 saturated heterocycles. The second kappa shape index (κ2) is 9.60. The third-order valence-corrected chi connectivity index (χ3v) is 6.74. The average Bonchev–Trinajstić information content (AvgIpc) is 2.75. The standard InChI is InChI=1S/C19H20ClN3O7S/c1-2-30-18-6-4-14(31(27,28)22-7-9-29-10-8-22)12-17(18)21-19(24)15-11-13(23(25)26)3-5-16(15)20/h3-6,11-12H,2,7-10H2,1H3,(H,21,24). The van der Waals surface area contributed by atoms with Gasteiger partial charge in [-0.15, -0.1) is 0 Å². The summed E-state index contributed by atoms with van der Waals surface area (Å²) in [6, 6.07) is 7.61. The number of anilines is 1. The number of carbonyl (C=O) groups excluding carboxylic acids is 1. The highest BCUT2D eigenvalue weighted by Crippen LogP contribution is 2.31. The van der Waals surface area contributed by atoms with Crippen molar-refractivity contribution in [2.24, 2.45) is 0 Å². The quantitative estimate of drug-likeness (QED) is 0.487. The second-order valence-corrected chi connectivity index (χ2v) is 8.83. The Morgan fingerprint density at radius 2 is 1.97 bits per heavy atom. The van der Waals surface area contributed by atoms with E-state index < -0.39 is 20.9 Å². The first-order valence-electron chi connectivity index (χ1n) is 9.34. The number of sulfonamides is 1. The van der Waals surface area contributed by atoms with E-state index in [2.05, 4.69) is 5.32 Å². The van der Waals surface area contributed by atoms with E-state index in [9.17, 15) is 23.3 Å². The number of non-ortho nitro benzene ring substituents is 1. The summed E-state index contributed by atoms with van der Waals surface area (Å²) < 4.78 is 37.9. The van der Waals surface area contributed by atoms with Gasteiger partial charge in [-0.2, -0.15) is 4.31 Å². The zero-order chi connectivity index (χ0) is 22.6. The van der Waals surface area contributed by atoms with E-state index in [1.54, 1.807) is 6.92 Å². The number of hydrogen-bond acceptors (Lipinski definition) is 7. The molecular weight excluding hydrogens is 450 g/mol. The Bertz CT molecular complexity index is 1100. The number of benzene rings is 2. The molecule has 0 atom stereocenters. The molecule has 0 aromatic heterocycles. The fourth-order valence-corrected chi connectivity index (χ4v) is 4.61. The highest BCUT2D eigenvalue weighted by molar-refractivity contribution is 7.89. The Kier molecular flexibility index (Phi) is 7.11. The zero-order valence-electron chi connectivity index (χ0n) is 16.5. The van der Waals surface area contributed by atoms with Crippen LogP contribution in [0.1, 0.15) is 17.3 Å². The molecule has 10 nitrogen and oxygen atoms in total. The number of nitrogens with zero attached hydrogens (tertiary/aromatic N) is 2. The van der Waals surface area contributed by atoms with Crippen molar-refractivity contribution in [1.82, 2.24) is 4.31 Å². The molecule has 0 unspecified atom stereocenters. The number of nitro groups is 1. The van der Waals surface area contributed by atoms with Crippen LogP contribution in [0.15, 0.2) is 41.3 Å². The molecule has 1 N–H and O–H groups in total. The lowest BCUT2D eigenvalue weighted by Gasteiger charge is -2.26. The van der Waals surface area contributed by atoms with E-state index in [0.29, 0.717) is 13.2 Å². The van der Waals surface area contributed by atoms with Crippen molar-refractivity contribution in [3.8, 4) is 5.75 Å². The normalized spacial score (nSPS) is 14.8. The molecule has 1 aliphatic heterocycles. The van der Waals surface area contributed by atoms with Crippen molar-refractivity contribution in [2.75, 3.05) is 38.2 Å². The van der Waals surface area contributed by atoms with Crippen molar-refractivity contribution in [3.05, 3.63) is 57.1 Å². The van der Waals surface area contributed by atoms with Gasteiger partial charge < -0.3 is 14.8 Å². The number of nitrogens with one attached hydrogen (secondary N) is 1. The monoisotopic (exact) mass is 469 g/mol. The predicted octanol–water partition coefficient (Wildman–Crippen LogP) is 2.92.